The number of nitrogens with zero attached hydrogens (tertiary/aromatic N) is 5. The molecule has 22 heteroatoms. The van der Waals surface area contributed by atoms with Gasteiger partial charge >= 0.3 is 17.6 Å². The van der Waals surface area contributed by atoms with E-state index in [2.05, 4.69) is 40.5 Å². The third-order valence-corrected chi connectivity index (χ3v) is 7.81. The van der Waals surface area contributed by atoms with Crippen molar-refractivity contribution in [3.8, 4) is 0 Å². The lowest BCUT2D eigenvalue weighted by Gasteiger charge is -2.20. The van der Waals surface area contributed by atoms with E-state index in [0.29, 0.717) is 11.4 Å². The Morgan fingerprint density at radius 3 is 2.49 bits per heavy atom. The first kappa shape index (κ1) is 34.3. The van der Waals surface area contributed by atoms with Crippen LogP contribution in [0.3, 0.4) is 0 Å². The molecule has 10 N–H and O–H groups in total. The van der Waals surface area contributed by atoms with Crippen LogP contribution >= 0.6 is 0 Å². The van der Waals surface area contributed by atoms with Gasteiger partial charge in [-0.3, -0.25) is 38.7 Å². The van der Waals surface area contributed by atoms with Gasteiger partial charge in [-0.15, -0.1) is 0 Å². The summed E-state index contributed by atoms with van der Waals surface area (Å²) in [6, 6.07) is 4.62. The number of H-pyrrole nitrogens is 3. The van der Waals surface area contributed by atoms with E-state index >= 15 is 0 Å². The summed E-state index contributed by atoms with van der Waals surface area (Å²) in [6.45, 7) is -0.450. The molecule has 6 rings (SSSR count). The molecule has 1 saturated heterocycles. The largest absolute Gasteiger partial charge is 0.481 e. The maximum absolute atomic E-state index is 13.1. The maximum atomic E-state index is 13.1. The number of carbonyl (C=O) groups excluding carboxylic acids is 2. The predicted octanol–water partition coefficient (Wildman–Crippen LogP) is -2.54. The number of imidazole rings is 1. The van der Waals surface area contributed by atoms with Gasteiger partial charge in [0.1, 0.15) is 36.6 Å². The van der Waals surface area contributed by atoms with Crippen molar-refractivity contribution in [2.24, 2.45) is 0 Å². The minimum Gasteiger partial charge on any atom is -0.481 e. The van der Waals surface area contributed by atoms with Gasteiger partial charge in [0.05, 0.1) is 24.8 Å². The fourth-order valence-corrected chi connectivity index (χ4v) is 5.25. The van der Waals surface area contributed by atoms with Gasteiger partial charge in [0.25, 0.3) is 17.0 Å². The predicted molar refractivity (Wildman–Crippen MR) is 172 cm³/mol. The molecule has 1 aliphatic rings. The average molecular weight is 708 g/mol. The molecule has 5 heterocycles. The van der Waals surface area contributed by atoms with Gasteiger partial charge < -0.3 is 41.2 Å². The minimum absolute atomic E-state index is 0.0147. The first-order valence-electron chi connectivity index (χ1n) is 15.1. The number of hydrogen-bond donors (Lipinski definition) is 9. The highest BCUT2D eigenvalue weighted by atomic mass is 16.6. The first-order valence-corrected chi connectivity index (χ1v) is 15.1. The molecule has 0 radical (unpaired) electrons. The van der Waals surface area contributed by atoms with Crippen LogP contribution in [0.2, 0.25) is 0 Å². The van der Waals surface area contributed by atoms with Crippen LogP contribution in [0.15, 0.2) is 51.2 Å². The number of aliphatic carboxylic acids is 1. The number of anilines is 2. The number of benzene rings is 1. The van der Waals surface area contributed by atoms with E-state index in [1.165, 1.54) is 18.3 Å². The third-order valence-electron chi connectivity index (χ3n) is 7.81. The SMILES string of the molecule is Nc1nc2ncc(CNc3ccc(C(=O)NC(CCC(=O)O)C(=O)OC[C@H]4O[C@@H](n5cnc6c(=O)[nH]c(=O)[nH]c65)[C@H](O)[C@@H]4O)cc3)nc2c(=O)[nH]1. The van der Waals surface area contributed by atoms with Gasteiger partial charge in [0.2, 0.25) is 5.95 Å². The van der Waals surface area contributed by atoms with Gasteiger partial charge in [-0.2, -0.15) is 4.98 Å². The number of aliphatic hydroxyl groups excluding tert-OH is 2. The van der Waals surface area contributed by atoms with Crippen molar-refractivity contribution >= 4 is 51.8 Å². The summed E-state index contributed by atoms with van der Waals surface area (Å²) in [7, 11) is 0. The Morgan fingerprint density at radius 1 is 1.00 bits per heavy atom. The summed E-state index contributed by atoms with van der Waals surface area (Å²) in [5.41, 5.74) is 4.34. The number of aromatic amines is 3. The summed E-state index contributed by atoms with van der Waals surface area (Å²) in [5.74, 6) is -3.07. The highest BCUT2D eigenvalue weighted by Gasteiger charge is 2.45. The van der Waals surface area contributed by atoms with Crippen LogP contribution in [-0.4, -0.2) is 104 Å². The lowest BCUT2D eigenvalue weighted by Crippen LogP contribution is -2.43. The van der Waals surface area contributed by atoms with Crippen molar-refractivity contribution in [3.05, 3.63) is 79.2 Å². The van der Waals surface area contributed by atoms with Crippen LogP contribution in [0.25, 0.3) is 22.3 Å². The molecule has 5 aromatic rings. The van der Waals surface area contributed by atoms with E-state index in [1.807, 2.05) is 4.98 Å². The summed E-state index contributed by atoms with van der Waals surface area (Å²) in [6.07, 6.45) is -4.13. The molecule has 1 fully saturated rings. The van der Waals surface area contributed by atoms with Crippen molar-refractivity contribution in [2.45, 2.75) is 50.0 Å². The molecule has 266 valence electrons. The quantitative estimate of drug-likeness (QED) is 0.0603. The topological polar surface area (TPSA) is 336 Å². The number of fused-ring (bicyclic) bond motifs is 2. The van der Waals surface area contributed by atoms with Gasteiger partial charge in [0.15, 0.2) is 22.9 Å². The van der Waals surface area contributed by atoms with Crippen molar-refractivity contribution in [1.29, 1.82) is 0 Å². The van der Waals surface area contributed by atoms with Crippen molar-refractivity contribution in [1.82, 2.24) is 44.8 Å². The van der Waals surface area contributed by atoms with E-state index in [1.54, 1.807) is 12.1 Å². The lowest BCUT2D eigenvalue weighted by atomic mass is 10.1. The van der Waals surface area contributed by atoms with Gasteiger partial charge in [-0.1, -0.05) is 0 Å². The molecule has 51 heavy (non-hydrogen) atoms. The molecule has 0 bridgehead atoms. The number of carboxylic acids is 1. The zero-order valence-corrected chi connectivity index (χ0v) is 26.1. The number of hydrogen-bond acceptors (Lipinski definition) is 16. The molecule has 0 spiro atoms. The molecule has 1 unspecified atom stereocenters. The zero-order chi connectivity index (χ0) is 36.4. The minimum atomic E-state index is -1.60. The number of ether oxygens (including phenoxy) is 2. The fraction of sp³-hybridized carbons (Fsp3) is 0.310. The molecule has 0 aliphatic carbocycles. The maximum Gasteiger partial charge on any atom is 0.328 e. The number of amides is 1. The van der Waals surface area contributed by atoms with E-state index < -0.39 is 78.3 Å². The van der Waals surface area contributed by atoms with Crippen molar-refractivity contribution < 1.29 is 39.2 Å². The Kier molecular flexibility index (Phi) is 9.53. The van der Waals surface area contributed by atoms with Crippen molar-refractivity contribution in [3.63, 3.8) is 0 Å². The first-order chi connectivity index (χ1) is 24.4. The number of esters is 1. The molecular weight excluding hydrogens is 678 g/mol. The number of nitrogen functional groups attached to an aromatic ring is 1. The molecule has 1 aromatic carbocycles. The molecular formula is C29H29N11O11. The lowest BCUT2D eigenvalue weighted by molar-refractivity contribution is -0.152. The van der Waals surface area contributed by atoms with Gasteiger partial charge in [-0.25, -0.2) is 24.5 Å². The van der Waals surface area contributed by atoms with Crippen LogP contribution in [0.4, 0.5) is 11.6 Å². The van der Waals surface area contributed by atoms with Gasteiger partial charge in [-0.05, 0) is 30.7 Å². The highest BCUT2D eigenvalue weighted by Crippen LogP contribution is 2.31. The molecule has 5 atom stereocenters. The second-order valence-corrected chi connectivity index (χ2v) is 11.3. The molecule has 4 aromatic heterocycles. The fourth-order valence-electron chi connectivity index (χ4n) is 5.25. The number of carboxylic acid groups (broad SMARTS) is 1. The van der Waals surface area contributed by atoms with E-state index in [-0.39, 0.29) is 46.8 Å². The number of aliphatic hydroxyl groups is 2. The van der Waals surface area contributed by atoms with Crippen LogP contribution in [0.5, 0.6) is 0 Å². The Balaban J connectivity index is 1.07. The molecule has 1 aliphatic heterocycles. The summed E-state index contributed by atoms with van der Waals surface area (Å²) >= 11 is 0. The second-order valence-electron chi connectivity index (χ2n) is 11.3. The van der Waals surface area contributed by atoms with Crippen molar-refractivity contribution in [2.75, 3.05) is 17.7 Å². The molecule has 1 amide bonds. The number of nitrogens with two attached hydrogens (primary N) is 1. The second kappa shape index (κ2) is 14.1. The van der Waals surface area contributed by atoms with Crippen LogP contribution in [-0.2, 0) is 25.6 Å². The molecule has 22 nitrogen and oxygen atoms in total. The Hall–Kier alpha value is -6.52. The average Bonchev–Trinajstić information content (AvgIpc) is 3.64. The third kappa shape index (κ3) is 7.41. The molecule has 0 saturated carbocycles. The number of carbonyl (C=O) groups is 3. The Morgan fingerprint density at radius 2 is 1.75 bits per heavy atom. The number of aromatic nitrogens is 8. The van der Waals surface area contributed by atoms with Gasteiger partial charge in [0, 0.05) is 17.7 Å². The summed E-state index contributed by atoms with van der Waals surface area (Å²) in [5, 5.41) is 36.0. The monoisotopic (exact) mass is 707 g/mol. The van der Waals surface area contributed by atoms with Crippen LogP contribution in [0, 0.1) is 0 Å². The van der Waals surface area contributed by atoms with Crippen LogP contribution < -0.4 is 33.2 Å². The summed E-state index contributed by atoms with van der Waals surface area (Å²) < 4.78 is 12.1. The van der Waals surface area contributed by atoms with E-state index in [4.69, 9.17) is 15.2 Å². The smallest absolute Gasteiger partial charge is 0.328 e. The Labute approximate surface area is 282 Å². The Bertz CT molecular complexity index is 2300. The normalized spacial score (nSPS) is 19.2. The number of nitrogens with one attached hydrogen (secondary N) is 5. The van der Waals surface area contributed by atoms with Crippen LogP contribution in [0.1, 0.15) is 35.1 Å². The number of rotatable bonds is 12. The summed E-state index contributed by atoms with van der Waals surface area (Å²) in [4.78, 5) is 96.2. The zero-order valence-electron chi connectivity index (χ0n) is 26.1. The standard InChI is InChI=1S/C29H29N11O11/c30-28-36-21-17(24(46)38-28)34-13(8-32-21)7-31-12-3-1-11(2-4-12)23(45)35-14(5-6-16(41)42)27(48)50-9-15-19(43)20(44)26(51-15)40-10-33-18-22(40)37-29(49)39-25(18)47/h1-4,8,10,14-15,19-20,26,31,43-44H,5-7,9H2,(H,35,45)(H,41,42)(H2,37,39,47,49)(H3,30,32,36,38,46)/t14?,15-,19-,20-,26-/m1/s1. The van der Waals surface area contributed by atoms with E-state index in [0.717, 1.165) is 10.9 Å². The highest BCUT2D eigenvalue weighted by molar-refractivity contribution is 5.97. The van der Waals surface area contributed by atoms with E-state index in [9.17, 15) is 44.1 Å².